The minimum atomic E-state index is -4.85. The van der Waals surface area contributed by atoms with Gasteiger partial charge in [-0.1, -0.05) is 0 Å². The van der Waals surface area contributed by atoms with Crippen molar-refractivity contribution < 1.29 is 132 Å². The Labute approximate surface area is 129 Å². The number of hydrogen-bond donors (Lipinski definition) is 0. The molecule has 0 amide bonds. The molecule has 0 saturated carbocycles. The van der Waals surface area contributed by atoms with Gasteiger partial charge in [-0.3, -0.25) is 0 Å². The molecule has 0 atom stereocenters. The molecule has 10 heteroatoms. The molecule has 0 saturated heterocycles. The second-order valence-corrected chi connectivity index (χ2v) is 2.23. The van der Waals surface area contributed by atoms with Gasteiger partial charge in [0.15, 0.2) is 0 Å². The monoisotopic (exact) mass is 230 g/mol. The van der Waals surface area contributed by atoms with E-state index in [-0.39, 0.29) is 83.8 Å². The molecule has 0 aliphatic rings. The zero-order valence-electron chi connectivity index (χ0n) is 7.21. The van der Waals surface area contributed by atoms with E-state index in [2.05, 4.69) is 3.84 Å². The molecule has 0 rings (SSSR count). The van der Waals surface area contributed by atoms with Gasteiger partial charge in [0.25, 0.3) is 0 Å². The molecule has 6 nitrogen and oxygen atoms in total. The fourth-order valence-electron chi connectivity index (χ4n) is 0.0583. The molecule has 0 spiro atoms. The molecular formula is H2Cl2KNaO6. The van der Waals surface area contributed by atoms with Gasteiger partial charge in [-0.05, 0) is 0 Å². The fourth-order valence-corrected chi connectivity index (χ4v) is 0.525. The van der Waals surface area contributed by atoms with Crippen LogP contribution >= 0.6 is 0 Å². The Balaban J connectivity index is -0.0000000408. The third-order valence-electron chi connectivity index (χ3n) is 0.119. The summed E-state index contributed by atoms with van der Waals surface area (Å²) in [6.07, 6.45) is 0. The van der Waals surface area contributed by atoms with Gasteiger partial charge in [0.1, 0.15) is 0 Å². The third kappa shape index (κ3) is 17.2. The van der Waals surface area contributed by atoms with Gasteiger partial charge in [0.2, 0.25) is 10.2 Å². The summed E-state index contributed by atoms with van der Waals surface area (Å²) in [5, 5.41) is 0. The SMILES string of the molecule is [H-].[H-].[K+].[Na+].[O-][Cl+2]([O-])O[Cl+3]([O-])([O-])[O-]. The first-order chi connectivity index (χ1) is 3.42. The number of halogens is 2. The molecule has 0 aromatic rings. The van der Waals surface area contributed by atoms with E-state index in [9.17, 15) is 14.0 Å². The molecule has 0 aliphatic carbocycles. The molecule has 0 unspecified atom stereocenters. The van der Waals surface area contributed by atoms with E-state index in [1.807, 2.05) is 0 Å². The first kappa shape index (κ1) is 18.7. The van der Waals surface area contributed by atoms with Crippen LogP contribution in [0.25, 0.3) is 0 Å². The molecule has 0 aliphatic heterocycles. The van der Waals surface area contributed by atoms with E-state index in [0.717, 1.165) is 0 Å². The van der Waals surface area contributed by atoms with Crippen molar-refractivity contribution in [3.8, 4) is 0 Å². The van der Waals surface area contributed by atoms with Gasteiger partial charge in [0.05, 0.1) is 0 Å². The van der Waals surface area contributed by atoms with Crippen molar-refractivity contribution in [2.24, 2.45) is 0 Å². The zero-order valence-corrected chi connectivity index (χ0v) is 11.8. The van der Waals surface area contributed by atoms with E-state index in [1.54, 1.807) is 0 Å². The standard InChI is InChI=1S/Cl2O6.K.Na.2H/c3-1(4)8-2(5,6)7;;;;/q;2*+1;2*-1. The minimum absolute atomic E-state index is 0. The average Bonchev–Trinajstić information content (AvgIpc) is 1.21. The van der Waals surface area contributed by atoms with Crippen LogP contribution in [0.15, 0.2) is 0 Å². The molecule has 0 aromatic carbocycles. The topological polar surface area (TPSA) is 125 Å². The van der Waals surface area contributed by atoms with E-state index < -0.39 is 21.0 Å². The second-order valence-electron chi connectivity index (χ2n) is 0.625. The quantitative estimate of drug-likeness (QED) is 0.434. The van der Waals surface area contributed by atoms with Crippen molar-refractivity contribution in [2.75, 3.05) is 0 Å². The third-order valence-corrected chi connectivity index (χ3v) is 1.07. The van der Waals surface area contributed by atoms with Gasteiger partial charge in [-0.15, -0.1) is 0 Å². The summed E-state index contributed by atoms with van der Waals surface area (Å²) in [5.74, 6) is 0. The molecule has 0 radical (unpaired) electrons. The molecule has 0 aromatic heterocycles. The smallest absolute Gasteiger partial charge is 1.00 e. The molecule has 0 heterocycles. The Morgan fingerprint density at radius 1 is 1.20 bits per heavy atom. The van der Waals surface area contributed by atoms with Gasteiger partial charge in [-0.2, -0.15) is 14.0 Å². The van der Waals surface area contributed by atoms with E-state index in [1.165, 1.54) is 0 Å². The van der Waals surface area contributed by atoms with Gasteiger partial charge >= 0.3 is 95.6 Å². The largest absolute Gasteiger partial charge is 1.00 e. The van der Waals surface area contributed by atoms with Crippen LogP contribution in [0.4, 0.5) is 0 Å². The van der Waals surface area contributed by atoms with Crippen LogP contribution < -0.4 is 104 Å². The van der Waals surface area contributed by atoms with Crippen LogP contribution in [0.1, 0.15) is 2.85 Å². The summed E-state index contributed by atoms with van der Waals surface area (Å²) in [5.41, 5.74) is 0. The Morgan fingerprint density at radius 2 is 1.50 bits per heavy atom. The maximum Gasteiger partial charge on any atom is 1.00 e. The van der Waals surface area contributed by atoms with Crippen molar-refractivity contribution in [3.05, 3.63) is 0 Å². The minimum Gasteiger partial charge on any atom is -1.00 e. The van der Waals surface area contributed by atoms with Gasteiger partial charge in [0, 0.05) is 0 Å². The zero-order chi connectivity index (χ0) is 6.78. The molecular weight excluding hydrogens is 229 g/mol. The maximum absolute atomic E-state index is 9.23. The summed E-state index contributed by atoms with van der Waals surface area (Å²) in [4.78, 5) is 0. The summed E-state index contributed by atoms with van der Waals surface area (Å²) in [7, 11) is -7.85. The van der Waals surface area contributed by atoms with Crippen molar-refractivity contribution in [2.45, 2.75) is 0 Å². The van der Waals surface area contributed by atoms with Crippen molar-refractivity contribution in [3.63, 3.8) is 0 Å². The summed E-state index contributed by atoms with van der Waals surface area (Å²) < 4.78 is 48.7. The van der Waals surface area contributed by atoms with Crippen LogP contribution in [0, 0.1) is 21.0 Å². The summed E-state index contributed by atoms with van der Waals surface area (Å²) >= 11 is 0. The number of hydrogen-bond acceptors (Lipinski definition) is 6. The van der Waals surface area contributed by atoms with Gasteiger partial charge < -0.3 is 12.2 Å². The average molecular weight is 231 g/mol. The van der Waals surface area contributed by atoms with Crippen molar-refractivity contribution in [1.82, 2.24) is 0 Å². The predicted octanol–water partition coefficient (Wildman–Crippen LogP) is -11.8. The predicted molar refractivity (Wildman–Crippen MR) is 3.31 cm³/mol. The fraction of sp³-hybridized carbons (Fsp3) is 0. The molecule has 0 bridgehead atoms. The van der Waals surface area contributed by atoms with E-state index >= 15 is 0 Å². The van der Waals surface area contributed by atoms with Crippen molar-refractivity contribution in [1.29, 1.82) is 0 Å². The molecule has 0 fully saturated rings. The van der Waals surface area contributed by atoms with Crippen LogP contribution in [0.5, 0.6) is 0 Å². The van der Waals surface area contributed by atoms with Crippen LogP contribution in [0.2, 0.25) is 0 Å². The maximum atomic E-state index is 9.23. The molecule has 54 valence electrons. The molecule has 0 N–H and O–H groups in total. The van der Waals surface area contributed by atoms with Crippen LogP contribution in [0.3, 0.4) is 0 Å². The first-order valence-electron chi connectivity index (χ1n) is 1.08. The van der Waals surface area contributed by atoms with Crippen LogP contribution in [-0.2, 0) is 3.84 Å². The van der Waals surface area contributed by atoms with E-state index in [0.29, 0.717) is 0 Å². The summed E-state index contributed by atoms with van der Waals surface area (Å²) in [6, 6.07) is 0. The Morgan fingerprint density at radius 3 is 1.50 bits per heavy atom. The first-order valence-corrected chi connectivity index (χ1v) is 3.24. The second kappa shape index (κ2) is 8.57. The number of rotatable bonds is 2. The molecule has 10 heavy (non-hydrogen) atoms. The Kier molecular flexibility index (Phi) is 16.0. The van der Waals surface area contributed by atoms with Crippen LogP contribution in [-0.4, -0.2) is 0 Å². The summed E-state index contributed by atoms with van der Waals surface area (Å²) in [6.45, 7) is 0. The Hall–Kier alpha value is 2.98. The van der Waals surface area contributed by atoms with Crippen molar-refractivity contribution >= 4 is 0 Å². The van der Waals surface area contributed by atoms with E-state index in [4.69, 9.17) is 9.32 Å². The Bertz CT molecular complexity index is 78.4. The normalized spacial score (nSPS) is 10.2. The van der Waals surface area contributed by atoms with Gasteiger partial charge in [-0.25, -0.2) is 0 Å².